The van der Waals surface area contributed by atoms with Crippen LogP contribution in [0.15, 0.2) is 36.4 Å². The van der Waals surface area contributed by atoms with E-state index in [4.69, 9.17) is 23.8 Å². The van der Waals surface area contributed by atoms with Crippen molar-refractivity contribution in [3.8, 4) is 11.8 Å². The van der Waals surface area contributed by atoms with Gasteiger partial charge in [0.1, 0.15) is 5.37 Å². The maximum atomic E-state index is 9.35. The Balaban J connectivity index is 1.72. The molecule has 2 heterocycles. The topological polar surface area (TPSA) is 35.5 Å². The van der Waals surface area contributed by atoms with Crippen LogP contribution >= 0.6 is 46.9 Å². The monoisotopic (exact) mass is 436 g/mol. The number of nitrogens with one attached hydrogen (secondary N) is 1. The first kappa shape index (κ1) is 20.5. The van der Waals surface area contributed by atoms with Gasteiger partial charge in [0.25, 0.3) is 0 Å². The summed E-state index contributed by atoms with van der Waals surface area (Å²) in [6, 6.07) is 11.7. The minimum atomic E-state index is -0.388. The maximum absolute atomic E-state index is 9.35. The van der Waals surface area contributed by atoms with Crippen molar-refractivity contribution in [2.45, 2.75) is 19.2 Å². The van der Waals surface area contributed by atoms with E-state index in [9.17, 15) is 5.11 Å². The number of aliphatic hydroxyl groups is 1. The molecule has 142 valence electrons. The lowest BCUT2D eigenvalue weighted by atomic mass is 9.96. The van der Waals surface area contributed by atoms with Crippen LogP contribution in [0.25, 0.3) is 0 Å². The molecule has 0 aliphatic carbocycles. The van der Waals surface area contributed by atoms with Gasteiger partial charge in [-0.15, -0.1) is 23.1 Å². The van der Waals surface area contributed by atoms with E-state index in [0.717, 1.165) is 22.9 Å². The van der Waals surface area contributed by atoms with Gasteiger partial charge in [-0.3, -0.25) is 0 Å². The first-order valence-electron chi connectivity index (χ1n) is 8.56. The number of halogens is 1. The largest absolute Gasteiger partial charge is 0.395 e. The molecular formula is C20H21ClN2OS3. The fourth-order valence-electron chi connectivity index (χ4n) is 2.50. The zero-order valence-corrected chi connectivity index (χ0v) is 18.4. The highest BCUT2D eigenvalue weighted by Crippen LogP contribution is 2.41. The van der Waals surface area contributed by atoms with Crippen LogP contribution in [0.2, 0.25) is 5.02 Å². The Bertz CT molecular complexity index is 885. The minimum Gasteiger partial charge on any atom is -0.395 e. The van der Waals surface area contributed by atoms with Gasteiger partial charge < -0.3 is 15.3 Å². The van der Waals surface area contributed by atoms with E-state index >= 15 is 0 Å². The summed E-state index contributed by atoms with van der Waals surface area (Å²) in [7, 11) is 0. The van der Waals surface area contributed by atoms with Gasteiger partial charge in [-0.1, -0.05) is 29.5 Å². The van der Waals surface area contributed by atoms with Crippen LogP contribution in [0, 0.1) is 17.3 Å². The first-order valence-corrected chi connectivity index (χ1v) is 11.2. The van der Waals surface area contributed by atoms with Crippen LogP contribution in [0.3, 0.4) is 0 Å². The van der Waals surface area contributed by atoms with Gasteiger partial charge in [-0.25, -0.2) is 0 Å². The lowest BCUT2D eigenvalue weighted by Gasteiger charge is -2.26. The third-order valence-corrected chi connectivity index (χ3v) is 7.03. The molecule has 1 aromatic heterocycles. The molecule has 0 radical (unpaired) electrons. The van der Waals surface area contributed by atoms with Crippen LogP contribution < -0.4 is 5.32 Å². The predicted molar refractivity (Wildman–Crippen MR) is 122 cm³/mol. The highest BCUT2D eigenvalue weighted by Gasteiger charge is 2.30. The smallest absolute Gasteiger partial charge is 0.174 e. The van der Waals surface area contributed by atoms with Crippen molar-refractivity contribution in [1.29, 1.82) is 0 Å². The molecule has 1 aliphatic heterocycles. The molecule has 1 saturated heterocycles. The molecule has 27 heavy (non-hydrogen) atoms. The van der Waals surface area contributed by atoms with Crippen molar-refractivity contribution in [3.05, 3.63) is 51.2 Å². The van der Waals surface area contributed by atoms with Crippen LogP contribution in [-0.2, 0) is 0 Å². The number of thiocarbonyl (C=S) groups is 1. The standard InChI is InChI=1S/C20H21ClN2OS3/c1-20(2,13-24)9-8-16-6-7-17(27-16)18-23(10-11-26-18)19(25)22-15-5-3-4-14(21)12-15/h3-7,12,18,24H,10-11,13H2,1-2H3,(H,22,25). The van der Waals surface area contributed by atoms with Gasteiger partial charge in [0.15, 0.2) is 5.11 Å². The summed E-state index contributed by atoms with van der Waals surface area (Å²) in [5.41, 5.74) is 0.507. The number of benzene rings is 1. The molecule has 1 aromatic carbocycles. The summed E-state index contributed by atoms with van der Waals surface area (Å²) in [6.45, 7) is 4.82. The molecule has 0 saturated carbocycles. The zero-order chi connectivity index (χ0) is 19.4. The van der Waals surface area contributed by atoms with Gasteiger partial charge in [0.05, 0.1) is 11.5 Å². The van der Waals surface area contributed by atoms with Gasteiger partial charge in [-0.05, 0) is 56.4 Å². The summed E-state index contributed by atoms with van der Waals surface area (Å²) in [5.74, 6) is 7.35. The van der Waals surface area contributed by atoms with Gasteiger partial charge >= 0.3 is 0 Å². The number of anilines is 1. The Morgan fingerprint density at radius 2 is 2.22 bits per heavy atom. The quantitative estimate of drug-likeness (QED) is 0.509. The lowest BCUT2D eigenvalue weighted by molar-refractivity contribution is 0.207. The van der Waals surface area contributed by atoms with Crippen LogP contribution in [0.5, 0.6) is 0 Å². The van der Waals surface area contributed by atoms with E-state index in [1.165, 1.54) is 4.88 Å². The Hall–Kier alpha value is -1.23. The van der Waals surface area contributed by atoms with E-state index in [2.05, 4.69) is 28.1 Å². The number of rotatable bonds is 3. The number of hydrogen-bond donors (Lipinski definition) is 2. The fraction of sp³-hybridized carbons (Fsp3) is 0.350. The van der Waals surface area contributed by atoms with Crippen molar-refractivity contribution < 1.29 is 5.11 Å². The molecule has 7 heteroatoms. The number of hydrogen-bond acceptors (Lipinski definition) is 4. The summed E-state index contributed by atoms with van der Waals surface area (Å²) in [4.78, 5) is 4.45. The zero-order valence-electron chi connectivity index (χ0n) is 15.2. The van der Waals surface area contributed by atoms with Crippen molar-refractivity contribution in [2.24, 2.45) is 5.41 Å². The molecule has 0 spiro atoms. The molecule has 0 bridgehead atoms. The highest BCUT2D eigenvalue weighted by molar-refractivity contribution is 7.99. The number of thioether (sulfide) groups is 1. The van der Waals surface area contributed by atoms with Crippen LogP contribution in [0.1, 0.15) is 29.0 Å². The molecule has 0 amide bonds. The highest BCUT2D eigenvalue weighted by atomic mass is 35.5. The average Bonchev–Trinajstić information content (AvgIpc) is 3.29. The second-order valence-electron chi connectivity index (χ2n) is 6.85. The van der Waals surface area contributed by atoms with Crippen molar-refractivity contribution in [2.75, 3.05) is 24.2 Å². The van der Waals surface area contributed by atoms with E-state index in [-0.39, 0.29) is 17.4 Å². The Morgan fingerprint density at radius 1 is 1.41 bits per heavy atom. The van der Waals surface area contributed by atoms with Gasteiger partial charge in [-0.2, -0.15) is 0 Å². The summed E-state index contributed by atoms with van der Waals surface area (Å²) in [5, 5.41) is 14.2. The third-order valence-electron chi connectivity index (χ3n) is 4.02. The number of nitrogens with zero attached hydrogens (tertiary/aromatic N) is 1. The summed E-state index contributed by atoms with van der Waals surface area (Å²) >= 11 is 15.3. The van der Waals surface area contributed by atoms with Crippen molar-refractivity contribution in [3.63, 3.8) is 0 Å². The van der Waals surface area contributed by atoms with Gasteiger partial charge in [0.2, 0.25) is 0 Å². The van der Waals surface area contributed by atoms with Gasteiger partial charge in [0, 0.05) is 33.3 Å². The minimum absolute atomic E-state index is 0.0495. The predicted octanol–water partition coefficient (Wildman–Crippen LogP) is 5.22. The SMILES string of the molecule is CC(C)(C#Cc1ccc(C2SCCN2C(=S)Nc2cccc(Cl)c2)s1)CO. The maximum Gasteiger partial charge on any atom is 0.174 e. The van der Waals surface area contributed by atoms with Crippen molar-refractivity contribution in [1.82, 2.24) is 4.90 Å². The van der Waals surface area contributed by atoms with E-state index in [1.807, 2.05) is 55.9 Å². The first-order chi connectivity index (χ1) is 12.9. The molecule has 1 atom stereocenters. The molecule has 3 nitrogen and oxygen atoms in total. The van der Waals surface area contributed by atoms with E-state index < -0.39 is 0 Å². The number of thiophene rings is 1. The average molecular weight is 437 g/mol. The Kier molecular flexibility index (Phi) is 6.72. The van der Waals surface area contributed by atoms with Crippen LogP contribution in [0.4, 0.5) is 5.69 Å². The molecule has 2 aromatic rings. The van der Waals surface area contributed by atoms with Crippen LogP contribution in [-0.4, -0.2) is 34.0 Å². The second-order valence-corrected chi connectivity index (χ2v) is 9.98. The Labute approximate surface area is 179 Å². The fourth-order valence-corrected chi connectivity index (χ4v) is 5.43. The van der Waals surface area contributed by atoms with Crippen molar-refractivity contribution >= 4 is 57.7 Å². The Morgan fingerprint density at radius 3 is 2.96 bits per heavy atom. The molecule has 2 N–H and O–H groups in total. The second kappa shape index (κ2) is 8.85. The molecule has 1 aliphatic rings. The molecule has 1 unspecified atom stereocenters. The number of aliphatic hydroxyl groups excluding tert-OH is 1. The lowest BCUT2D eigenvalue weighted by Crippen LogP contribution is -2.33. The normalized spacial score (nSPS) is 16.7. The van der Waals surface area contributed by atoms with E-state index in [0.29, 0.717) is 10.1 Å². The molecular weight excluding hydrogens is 416 g/mol. The van der Waals surface area contributed by atoms with E-state index in [1.54, 1.807) is 11.3 Å². The molecule has 1 fully saturated rings. The third kappa shape index (κ3) is 5.40. The summed E-state index contributed by atoms with van der Waals surface area (Å²) < 4.78 is 0. The summed E-state index contributed by atoms with van der Waals surface area (Å²) in [6.07, 6.45) is 0. The molecule has 3 rings (SSSR count).